The van der Waals surface area contributed by atoms with Gasteiger partial charge in [-0.3, -0.25) is 4.79 Å². The van der Waals surface area contributed by atoms with Crippen LogP contribution in [-0.2, 0) is 14.6 Å². The van der Waals surface area contributed by atoms with Gasteiger partial charge in [0.05, 0.1) is 23.1 Å². The predicted molar refractivity (Wildman–Crippen MR) is 78.7 cm³/mol. The second kappa shape index (κ2) is 7.41. The fourth-order valence-electron chi connectivity index (χ4n) is 1.51. The number of sulfone groups is 1. The van der Waals surface area contributed by atoms with Crippen molar-refractivity contribution in [2.24, 2.45) is 0 Å². The maximum Gasteiger partial charge on any atom is 0.223 e. The van der Waals surface area contributed by atoms with Gasteiger partial charge in [0.15, 0.2) is 9.84 Å². The van der Waals surface area contributed by atoms with Gasteiger partial charge in [0.25, 0.3) is 0 Å². The zero-order valence-electron chi connectivity index (χ0n) is 11.0. The number of rotatable bonds is 6. The molecule has 5 nitrogen and oxygen atoms in total. The first-order valence-electron chi connectivity index (χ1n) is 5.96. The number of halogens is 1. The fraction of sp³-hybridized carbons (Fsp3) is 0.385. The molecule has 7 heteroatoms. The number of benzene rings is 1. The average molecular weight is 359 g/mol. The van der Waals surface area contributed by atoms with Crippen molar-refractivity contribution in [3.63, 3.8) is 0 Å². The largest absolute Gasteiger partial charge is 0.345 e. The zero-order chi connectivity index (χ0) is 15.2. The summed E-state index contributed by atoms with van der Waals surface area (Å²) in [5.41, 5.74) is 0. The number of hydrogen-bond acceptors (Lipinski definition) is 4. The second-order valence-corrected chi connectivity index (χ2v) is 7.27. The Kier molecular flexibility index (Phi) is 6.17. The quantitative estimate of drug-likeness (QED) is 0.778. The lowest BCUT2D eigenvalue weighted by Crippen LogP contribution is -2.29. The van der Waals surface area contributed by atoms with Gasteiger partial charge < -0.3 is 4.90 Å². The molecular weight excluding hydrogens is 344 g/mol. The normalized spacial score (nSPS) is 10.8. The monoisotopic (exact) mass is 358 g/mol. The summed E-state index contributed by atoms with van der Waals surface area (Å²) in [6, 6.07) is 8.24. The standard InChI is InChI=1S/C13H15BrN2O3S/c1-16(9-2-8-15)13(17)7-10-20(18,19)12-5-3-11(14)4-6-12/h3-6H,2,7,9-10H2,1H3. The van der Waals surface area contributed by atoms with E-state index < -0.39 is 9.84 Å². The molecule has 0 saturated heterocycles. The van der Waals surface area contributed by atoms with Crippen molar-refractivity contribution in [1.29, 1.82) is 5.26 Å². The Morgan fingerprint density at radius 2 is 1.95 bits per heavy atom. The van der Waals surface area contributed by atoms with Crippen LogP contribution in [0.25, 0.3) is 0 Å². The van der Waals surface area contributed by atoms with Crippen molar-refractivity contribution in [1.82, 2.24) is 4.90 Å². The molecule has 0 aliphatic rings. The summed E-state index contributed by atoms with van der Waals surface area (Å²) >= 11 is 3.24. The minimum atomic E-state index is -3.46. The molecule has 0 fully saturated rings. The van der Waals surface area contributed by atoms with E-state index in [2.05, 4.69) is 15.9 Å². The number of carbonyl (C=O) groups is 1. The molecule has 0 N–H and O–H groups in total. The van der Waals surface area contributed by atoms with E-state index in [1.54, 1.807) is 19.2 Å². The van der Waals surface area contributed by atoms with Gasteiger partial charge in [0, 0.05) is 24.5 Å². The van der Waals surface area contributed by atoms with E-state index in [4.69, 9.17) is 5.26 Å². The van der Waals surface area contributed by atoms with Crippen LogP contribution >= 0.6 is 15.9 Å². The highest BCUT2D eigenvalue weighted by atomic mass is 79.9. The van der Waals surface area contributed by atoms with Gasteiger partial charge in [-0.05, 0) is 24.3 Å². The summed E-state index contributed by atoms with van der Waals surface area (Å²) in [5.74, 6) is -0.509. The van der Waals surface area contributed by atoms with Crippen LogP contribution in [0.1, 0.15) is 12.8 Å². The van der Waals surface area contributed by atoms with E-state index in [0.717, 1.165) is 4.47 Å². The molecule has 1 rings (SSSR count). The molecular formula is C13H15BrN2O3S. The third-order valence-corrected chi connectivity index (χ3v) is 5.00. The third-order valence-electron chi connectivity index (χ3n) is 2.74. The van der Waals surface area contributed by atoms with Crippen molar-refractivity contribution in [3.8, 4) is 6.07 Å². The summed E-state index contributed by atoms with van der Waals surface area (Å²) in [6.07, 6.45) is 0.155. The number of amides is 1. The van der Waals surface area contributed by atoms with Crippen molar-refractivity contribution in [3.05, 3.63) is 28.7 Å². The van der Waals surface area contributed by atoms with Gasteiger partial charge in [-0.2, -0.15) is 5.26 Å². The first-order valence-corrected chi connectivity index (χ1v) is 8.40. The number of hydrogen-bond donors (Lipinski definition) is 0. The minimum absolute atomic E-state index is 0.0830. The molecule has 1 aromatic carbocycles. The minimum Gasteiger partial charge on any atom is -0.345 e. The molecule has 0 unspecified atom stereocenters. The van der Waals surface area contributed by atoms with E-state index in [-0.39, 0.29) is 29.4 Å². The van der Waals surface area contributed by atoms with E-state index in [1.807, 2.05) is 6.07 Å². The van der Waals surface area contributed by atoms with Crippen LogP contribution in [0.4, 0.5) is 0 Å². The first kappa shape index (κ1) is 16.7. The smallest absolute Gasteiger partial charge is 0.223 e. The van der Waals surface area contributed by atoms with Gasteiger partial charge >= 0.3 is 0 Å². The fourth-order valence-corrected chi connectivity index (χ4v) is 3.01. The van der Waals surface area contributed by atoms with Crippen LogP contribution in [0.2, 0.25) is 0 Å². The summed E-state index contributed by atoms with van der Waals surface area (Å²) in [7, 11) is -1.90. The SMILES string of the molecule is CN(CCC#N)C(=O)CCS(=O)(=O)c1ccc(Br)cc1. The molecule has 20 heavy (non-hydrogen) atoms. The van der Waals surface area contributed by atoms with Crippen molar-refractivity contribution in [2.45, 2.75) is 17.7 Å². The van der Waals surface area contributed by atoms with Crippen LogP contribution in [0, 0.1) is 11.3 Å². The highest BCUT2D eigenvalue weighted by molar-refractivity contribution is 9.10. The Labute approximate surface area is 127 Å². The van der Waals surface area contributed by atoms with Crippen molar-refractivity contribution >= 4 is 31.7 Å². The first-order chi connectivity index (χ1) is 9.36. The van der Waals surface area contributed by atoms with Gasteiger partial charge in [0.2, 0.25) is 5.91 Å². The molecule has 0 atom stereocenters. The summed E-state index contributed by atoms with van der Waals surface area (Å²) in [4.78, 5) is 13.3. The molecule has 0 heterocycles. The lowest BCUT2D eigenvalue weighted by molar-refractivity contribution is -0.129. The maximum atomic E-state index is 12.0. The predicted octanol–water partition coefficient (Wildman–Crippen LogP) is 1.98. The molecule has 0 aliphatic heterocycles. The Balaban J connectivity index is 2.62. The molecule has 0 radical (unpaired) electrons. The Hall–Kier alpha value is -1.39. The number of nitriles is 1. The molecule has 0 aliphatic carbocycles. The summed E-state index contributed by atoms with van der Waals surface area (Å²) in [5, 5.41) is 8.44. The Morgan fingerprint density at radius 1 is 1.35 bits per heavy atom. The zero-order valence-corrected chi connectivity index (χ0v) is 13.4. The molecule has 1 amide bonds. The van der Waals surface area contributed by atoms with Gasteiger partial charge in [-0.15, -0.1) is 0 Å². The second-order valence-electron chi connectivity index (χ2n) is 4.25. The molecule has 108 valence electrons. The summed E-state index contributed by atoms with van der Waals surface area (Å²) < 4.78 is 24.9. The lowest BCUT2D eigenvalue weighted by Gasteiger charge is -2.15. The Morgan fingerprint density at radius 3 is 2.50 bits per heavy atom. The van der Waals surface area contributed by atoms with Crippen molar-refractivity contribution in [2.75, 3.05) is 19.3 Å². The van der Waals surface area contributed by atoms with Crippen LogP contribution in [0.5, 0.6) is 0 Å². The van der Waals surface area contributed by atoms with E-state index in [1.165, 1.54) is 17.0 Å². The van der Waals surface area contributed by atoms with Gasteiger partial charge in [-0.25, -0.2) is 8.42 Å². The summed E-state index contributed by atoms with van der Waals surface area (Å²) in [6.45, 7) is 0.313. The molecule has 0 bridgehead atoms. The van der Waals surface area contributed by atoms with Crippen LogP contribution in [0.3, 0.4) is 0 Å². The Bertz CT molecular complexity index is 605. The van der Waals surface area contributed by atoms with E-state index in [0.29, 0.717) is 6.54 Å². The highest BCUT2D eigenvalue weighted by Crippen LogP contribution is 2.16. The number of nitrogens with zero attached hydrogens (tertiary/aromatic N) is 2. The average Bonchev–Trinajstić information content (AvgIpc) is 2.42. The van der Waals surface area contributed by atoms with Crippen LogP contribution in [0.15, 0.2) is 33.6 Å². The molecule has 1 aromatic rings. The molecule has 0 spiro atoms. The van der Waals surface area contributed by atoms with Gasteiger partial charge in [0.1, 0.15) is 0 Å². The third kappa shape index (κ3) is 4.94. The van der Waals surface area contributed by atoms with Crippen LogP contribution in [-0.4, -0.2) is 38.6 Å². The number of carbonyl (C=O) groups excluding carboxylic acids is 1. The highest BCUT2D eigenvalue weighted by Gasteiger charge is 2.18. The van der Waals surface area contributed by atoms with Gasteiger partial charge in [-0.1, -0.05) is 15.9 Å². The van der Waals surface area contributed by atoms with E-state index >= 15 is 0 Å². The molecule has 0 saturated carbocycles. The maximum absolute atomic E-state index is 12.0. The topological polar surface area (TPSA) is 78.2 Å². The molecule has 0 aromatic heterocycles. The lowest BCUT2D eigenvalue weighted by atomic mass is 10.3. The van der Waals surface area contributed by atoms with E-state index in [9.17, 15) is 13.2 Å². The van der Waals surface area contributed by atoms with Crippen LogP contribution < -0.4 is 0 Å². The van der Waals surface area contributed by atoms with Crippen molar-refractivity contribution < 1.29 is 13.2 Å².